The lowest BCUT2D eigenvalue weighted by Crippen LogP contribution is -2.11. The van der Waals surface area contributed by atoms with E-state index in [2.05, 4.69) is 10.3 Å². The monoisotopic (exact) mass is 292 g/mol. The van der Waals surface area contributed by atoms with Gasteiger partial charge in [-0.25, -0.2) is 4.98 Å². The zero-order chi connectivity index (χ0) is 15.5. The number of amides is 1. The zero-order valence-electron chi connectivity index (χ0n) is 12.5. The number of hydrogen-bond donors (Lipinski definition) is 1. The highest BCUT2D eigenvalue weighted by molar-refractivity contribution is 6.04. The lowest BCUT2D eigenvalue weighted by molar-refractivity contribution is 0.102. The van der Waals surface area contributed by atoms with E-state index in [-0.39, 0.29) is 5.91 Å². The third kappa shape index (κ3) is 2.91. The van der Waals surface area contributed by atoms with Crippen LogP contribution in [0.4, 0.5) is 5.69 Å². The Balaban J connectivity index is 1.76. The van der Waals surface area contributed by atoms with Crippen molar-refractivity contribution in [1.82, 2.24) is 4.98 Å². The topological polar surface area (TPSA) is 55.1 Å². The fourth-order valence-corrected chi connectivity index (χ4v) is 2.09. The van der Waals surface area contributed by atoms with Gasteiger partial charge in [-0.05, 0) is 50.2 Å². The van der Waals surface area contributed by atoms with E-state index in [0.717, 1.165) is 22.7 Å². The number of rotatable bonds is 3. The molecule has 1 heterocycles. The van der Waals surface area contributed by atoms with Gasteiger partial charge >= 0.3 is 0 Å². The first kappa shape index (κ1) is 14.1. The average molecular weight is 292 g/mol. The molecule has 0 aliphatic carbocycles. The Morgan fingerprint density at radius 1 is 1.00 bits per heavy atom. The van der Waals surface area contributed by atoms with E-state index in [1.54, 1.807) is 12.1 Å². The van der Waals surface area contributed by atoms with Crippen molar-refractivity contribution in [3.63, 3.8) is 0 Å². The maximum absolute atomic E-state index is 12.1. The van der Waals surface area contributed by atoms with Gasteiger partial charge in [0.2, 0.25) is 5.89 Å². The largest absolute Gasteiger partial charge is 0.441 e. The highest BCUT2D eigenvalue weighted by atomic mass is 16.4. The Morgan fingerprint density at radius 3 is 2.27 bits per heavy atom. The second-order valence-electron chi connectivity index (χ2n) is 5.06. The van der Waals surface area contributed by atoms with Crippen LogP contribution in [0.5, 0.6) is 0 Å². The molecule has 3 rings (SSSR count). The van der Waals surface area contributed by atoms with Crippen LogP contribution < -0.4 is 5.32 Å². The summed E-state index contributed by atoms with van der Waals surface area (Å²) in [5.74, 6) is 1.28. The Morgan fingerprint density at radius 2 is 1.68 bits per heavy atom. The van der Waals surface area contributed by atoms with Crippen LogP contribution in [0.15, 0.2) is 59.0 Å². The van der Waals surface area contributed by atoms with Gasteiger partial charge in [-0.1, -0.05) is 18.2 Å². The first-order valence-electron chi connectivity index (χ1n) is 7.04. The van der Waals surface area contributed by atoms with Crippen LogP contribution in [0.2, 0.25) is 0 Å². The number of aromatic nitrogens is 1. The molecule has 3 aromatic rings. The van der Waals surface area contributed by atoms with Crippen molar-refractivity contribution in [2.24, 2.45) is 0 Å². The zero-order valence-corrected chi connectivity index (χ0v) is 12.5. The number of carbonyl (C=O) groups is 1. The van der Waals surface area contributed by atoms with Crippen molar-refractivity contribution in [3.05, 3.63) is 71.6 Å². The molecule has 1 N–H and O–H groups in total. The molecule has 4 heteroatoms. The quantitative estimate of drug-likeness (QED) is 0.786. The van der Waals surface area contributed by atoms with E-state index in [4.69, 9.17) is 4.42 Å². The van der Waals surface area contributed by atoms with Crippen LogP contribution >= 0.6 is 0 Å². The molecule has 4 nitrogen and oxygen atoms in total. The molecule has 0 radical (unpaired) electrons. The van der Waals surface area contributed by atoms with Gasteiger partial charge in [0.05, 0.1) is 5.69 Å². The molecular weight excluding hydrogens is 276 g/mol. The number of anilines is 1. The number of nitrogens with zero attached hydrogens (tertiary/aromatic N) is 1. The normalized spacial score (nSPS) is 10.5. The first-order valence-corrected chi connectivity index (χ1v) is 7.04. The van der Waals surface area contributed by atoms with Gasteiger partial charge in [0.15, 0.2) is 0 Å². The Hall–Kier alpha value is -2.88. The molecule has 0 spiro atoms. The van der Waals surface area contributed by atoms with Gasteiger partial charge in [-0.15, -0.1) is 0 Å². The van der Waals surface area contributed by atoms with Crippen molar-refractivity contribution in [3.8, 4) is 11.5 Å². The minimum absolute atomic E-state index is 0.129. The number of oxazole rings is 1. The van der Waals surface area contributed by atoms with Crippen molar-refractivity contribution in [2.75, 3.05) is 5.32 Å². The minimum Gasteiger partial charge on any atom is -0.441 e. The van der Waals surface area contributed by atoms with Gasteiger partial charge in [0, 0.05) is 16.8 Å². The fraction of sp³-hybridized carbons (Fsp3) is 0.111. The molecule has 1 aromatic heterocycles. The number of benzene rings is 2. The van der Waals surface area contributed by atoms with Gasteiger partial charge in [0.25, 0.3) is 5.91 Å². The summed E-state index contributed by atoms with van der Waals surface area (Å²) in [6.45, 7) is 3.80. The van der Waals surface area contributed by atoms with Crippen molar-refractivity contribution < 1.29 is 9.21 Å². The van der Waals surface area contributed by atoms with Crippen LogP contribution in [0, 0.1) is 13.8 Å². The summed E-state index contributed by atoms with van der Waals surface area (Å²) in [4.78, 5) is 16.4. The number of nitrogens with one attached hydrogen (secondary N) is 1. The van der Waals surface area contributed by atoms with E-state index < -0.39 is 0 Å². The maximum Gasteiger partial charge on any atom is 0.255 e. The maximum atomic E-state index is 12.1. The molecule has 110 valence electrons. The van der Waals surface area contributed by atoms with Crippen LogP contribution in [0.1, 0.15) is 21.8 Å². The lowest BCUT2D eigenvalue weighted by atomic mass is 10.2. The molecule has 1 amide bonds. The van der Waals surface area contributed by atoms with E-state index in [0.29, 0.717) is 11.5 Å². The number of hydrogen-bond acceptors (Lipinski definition) is 3. The molecular formula is C18H16N2O2. The summed E-state index contributed by atoms with van der Waals surface area (Å²) in [6, 6.07) is 16.6. The van der Waals surface area contributed by atoms with Gasteiger partial charge in [-0.3, -0.25) is 4.79 Å². The number of carbonyl (C=O) groups excluding carboxylic acids is 1. The van der Waals surface area contributed by atoms with E-state index in [1.165, 1.54) is 0 Å². The molecule has 0 saturated heterocycles. The summed E-state index contributed by atoms with van der Waals surface area (Å²) in [7, 11) is 0. The van der Waals surface area contributed by atoms with Crippen LogP contribution in [0.25, 0.3) is 11.5 Å². The first-order chi connectivity index (χ1) is 10.6. The van der Waals surface area contributed by atoms with Crippen LogP contribution in [-0.4, -0.2) is 10.9 Å². The second-order valence-corrected chi connectivity index (χ2v) is 5.06. The number of aryl methyl sites for hydroxylation is 2. The second kappa shape index (κ2) is 5.85. The third-order valence-electron chi connectivity index (χ3n) is 3.45. The summed E-state index contributed by atoms with van der Waals surface area (Å²) in [6.07, 6.45) is 0. The van der Waals surface area contributed by atoms with E-state index in [9.17, 15) is 4.79 Å². The predicted octanol–water partition coefficient (Wildman–Crippen LogP) is 4.21. The minimum atomic E-state index is -0.129. The smallest absolute Gasteiger partial charge is 0.255 e. The highest BCUT2D eigenvalue weighted by Gasteiger charge is 2.09. The molecule has 22 heavy (non-hydrogen) atoms. The SMILES string of the molecule is Cc1nc(-c2ccc(NC(=O)c3ccccc3)cc2)oc1C. The van der Waals surface area contributed by atoms with Gasteiger partial charge < -0.3 is 9.73 Å². The Labute approximate surface area is 128 Å². The Bertz CT molecular complexity index is 770. The molecule has 2 aromatic carbocycles. The molecule has 0 saturated carbocycles. The summed E-state index contributed by atoms with van der Waals surface area (Å²) < 4.78 is 5.59. The standard InChI is InChI=1S/C18H16N2O2/c1-12-13(2)22-18(19-12)15-8-10-16(11-9-15)20-17(21)14-6-4-3-5-7-14/h3-11H,1-2H3,(H,20,21). The Kier molecular flexibility index (Phi) is 3.74. The van der Waals surface area contributed by atoms with Gasteiger partial charge in [-0.2, -0.15) is 0 Å². The third-order valence-corrected chi connectivity index (χ3v) is 3.45. The van der Waals surface area contributed by atoms with Crippen molar-refractivity contribution >= 4 is 11.6 Å². The van der Waals surface area contributed by atoms with E-state index in [1.807, 2.05) is 56.3 Å². The van der Waals surface area contributed by atoms with Crippen molar-refractivity contribution in [1.29, 1.82) is 0 Å². The summed E-state index contributed by atoms with van der Waals surface area (Å²) in [5.41, 5.74) is 3.13. The molecule has 0 fully saturated rings. The molecule has 0 aliphatic heterocycles. The van der Waals surface area contributed by atoms with Crippen LogP contribution in [0.3, 0.4) is 0 Å². The average Bonchev–Trinajstić information content (AvgIpc) is 2.88. The predicted molar refractivity (Wildman–Crippen MR) is 85.8 cm³/mol. The van der Waals surface area contributed by atoms with Crippen LogP contribution in [-0.2, 0) is 0 Å². The van der Waals surface area contributed by atoms with Gasteiger partial charge in [0.1, 0.15) is 5.76 Å². The fourth-order valence-electron chi connectivity index (χ4n) is 2.09. The molecule has 0 bridgehead atoms. The molecule has 0 atom stereocenters. The van der Waals surface area contributed by atoms with E-state index >= 15 is 0 Å². The lowest BCUT2D eigenvalue weighted by Gasteiger charge is -2.05. The van der Waals surface area contributed by atoms with Crippen molar-refractivity contribution in [2.45, 2.75) is 13.8 Å². The molecule has 0 aliphatic rings. The summed E-state index contributed by atoms with van der Waals surface area (Å²) in [5, 5.41) is 2.86. The molecule has 0 unspecified atom stereocenters. The highest BCUT2D eigenvalue weighted by Crippen LogP contribution is 2.23. The summed E-state index contributed by atoms with van der Waals surface area (Å²) >= 11 is 0.